The number of phenolic OH excluding ortho intramolecular Hbond substituents is 1. The van der Waals surface area contributed by atoms with E-state index in [1.807, 2.05) is 11.0 Å². The van der Waals surface area contributed by atoms with Crippen LogP contribution in [0, 0.1) is 0 Å². The third kappa shape index (κ3) is 2.86. The zero-order valence-corrected chi connectivity index (χ0v) is 13.9. The Morgan fingerprint density at radius 3 is 2.77 bits per heavy atom. The van der Waals surface area contributed by atoms with Crippen LogP contribution in [-0.2, 0) is 18.4 Å². The minimum atomic E-state index is -0.0382. The van der Waals surface area contributed by atoms with Gasteiger partial charge in [-0.1, -0.05) is 26.8 Å². The van der Waals surface area contributed by atoms with Crippen LogP contribution in [0.3, 0.4) is 0 Å². The Balaban J connectivity index is 1.80. The molecule has 1 amide bonds. The third-order valence-electron chi connectivity index (χ3n) is 3.85. The summed E-state index contributed by atoms with van der Waals surface area (Å²) in [7, 11) is 0. The molecule has 1 N–H and O–H groups in total. The molecular weight excluding hydrogens is 296 g/mol. The molecule has 0 bridgehead atoms. The van der Waals surface area contributed by atoms with E-state index >= 15 is 0 Å². The number of carbonyl (C=O) groups is 1. The van der Waals surface area contributed by atoms with Crippen molar-refractivity contribution < 1.29 is 9.90 Å². The van der Waals surface area contributed by atoms with Gasteiger partial charge >= 0.3 is 0 Å². The number of aromatic hydroxyl groups is 1. The summed E-state index contributed by atoms with van der Waals surface area (Å²) in [6, 6.07) is 5.40. The highest BCUT2D eigenvalue weighted by molar-refractivity contribution is 7.13. The van der Waals surface area contributed by atoms with Crippen molar-refractivity contribution in [2.45, 2.75) is 39.2 Å². The maximum absolute atomic E-state index is 12.7. The molecule has 0 fully saturated rings. The predicted molar refractivity (Wildman–Crippen MR) is 87.4 cm³/mol. The topological polar surface area (TPSA) is 53.4 Å². The van der Waals surface area contributed by atoms with Gasteiger partial charge in [0.05, 0.1) is 11.2 Å². The molecule has 0 aliphatic carbocycles. The molecule has 0 spiro atoms. The van der Waals surface area contributed by atoms with Crippen molar-refractivity contribution in [2.75, 3.05) is 6.54 Å². The van der Waals surface area contributed by atoms with Gasteiger partial charge in [0.1, 0.15) is 10.6 Å². The summed E-state index contributed by atoms with van der Waals surface area (Å²) in [5.41, 5.74) is 2.20. The normalized spacial score (nSPS) is 14.8. The first-order valence-corrected chi connectivity index (χ1v) is 8.22. The van der Waals surface area contributed by atoms with E-state index in [9.17, 15) is 9.90 Å². The van der Waals surface area contributed by atoms with E-state index in [0.29, 0.717) is 18.0 Å². The summed E-state index contributed by atoms with van der Waals surface area (Å²) >= 11 is 1.47. The van der Waals surface area contributed by atoms with Crippen LogP contribution in [0.15, 0.2) is 24.4 Å². The Hall–Kier alpha value is -1.88. The van der Waals surface area contributed by atoms with Crippen molar-refractivity contribution in [3.05, 3.63) is 45.4 Å². The number of benzene rings is 1. The lowest BCUT2D eigenvalue weighted by Gasteiger charge is -2.28. The van der Waals surface area contributed by atoms with E-state index in [0.717, 1.165) is 17.0 Å². The third-order valence-corrected chi connectivity index (χ3v) is 5.26. The lowest BCUT2D eigenvalue weighted by molar-refractivity contribution is 0.0739. The highest BCUT2D eigenvalue weighted by Gasteiger charge is 2.25. The highest BCUT2D eigenvalue weighted by atomic mass is 32.1. The number of aromatic nitrogens is 1. The quantitative estimate of drug-likeness (QED) is 0.878. The monoisotopic (exact) mass is 316 g/mol. The summed E-state index contributed by atoms with van der Waals surface area (Å²) in [6.45, 7) is 7.55. The SMILES string of the molecule is CC(C)(C)c1ncc(C(=O)N2CCc3ccc(O)cc3C2)s1. The lowest BCUT2D eigenvalue weighted by Crippen LogP contribution is -2.35. The molecule has 5 heteroatoms. The molecule has 1 aromatic heterocycles. The first kappa shape index (κ1) is 15.0. The Bertz CT molecular complexity index is 716. The minimum Gasteiger partial charge on any atom is -0.508 e. The van der Waals surface area contributed by atoms with Crippen LogP contribution in [0.5, 0.6) is 5.75 Å². The molecule has 0 saturated carbocycles. The number of hydrogen-bond acceptors (Lipinski definition) is 4. The Kier molecular flexibility index (Phi) is 3.68. The zero-order chi connectivity index (χ0) is 15.9. The van der Waals surface area contributed by atoms with Gasteiger partial charge in [0.15, 0.2) is 0 Å². The molecule has 2 heterocycles. The predicted octanol–water partition coefficient (Wildman–Crippen LogP) is 3.34. The maximum Gasteiger partial charge on any atom is 0.265 e. The van der Waals surface area contributed by atoms with Gasteiger partial charge in [-0.15, -0.1) is 11.3 Å². The number of hydrogen-bond donors (Lipinski definition) is 1. The maximum atomic E-state index is 12.7. The Morgan fingerprint density at radius 1 is 1.32 bits per heavy atom. The number of rotatable bonds is 1. The Labute approximate surface area is 134 Å². The molecule has 4 nitrogen and oxygen atoms in total. The van der Waals surface area contributed by atoms with Crippen LogP contribution in [0.25, 0.3) is 0 Å². The number of phenols is 1. The molecule has 0 atom stereocenters. The number of thiazole rings is 1. The van der Waals surface area contributed by atoms with Gasteiger partial charge in [-0.2, -0.15) is 0 Å². The van der Waals surface area contributed by atoms with E-state index in [2.05, 4.69) is 25.8 Å². The van der Waals surface area contributed by atoms with Crippen molar-refractivity contribution in [1.82, 2.24) is 9.88 Å². The molecule has 0 unspecified atom stereocenters. The molecule has 1 aliphatic rings. The van der Waals surface area contributed by atoms with Crippen LogP contribution in [-0.4, -0.2) is 27.4 Å². The molecule has 1 aromatic carbocycles. The second kappa shape index (κ2) is 5.39. The zero-order valence-electron chi connectivity index (χ0n) is 13.1. The van der Waals surface area contributed by atoms with E-state index in [4.69, 9.17) is 0 Å². The van der Waals surface area contributed by atoms with Crippen molar-refractivity contribution >= 4 is 17.2 Å². The van der Waals surface area contributed by atoms with Gasteiger partial charge in [0.2, 0.25) is 0 Å². The fraction of sp³-hybridized carbons (Fsp3) is 0.412. The fourth-order valence-corrected chi connectivity index (χ4v) is 3.53. The van der Waals surface area contributed by atoms with Crippen LogP contribution in [0.1, 0.15) is 46.6 Å². The van der Waals surface area contributed by atoms with Crippen LogP contribution < -0.4 is 0 Å². The smallest absolute Gasteiger partial charge is 0.265 e. The van der Waals surface area contributed by atoms with Crippen molar-refractivity contribution in [2.24, 2.45) is 0 Å². The van der Waals surface area contributed by atoms with E-state index in [-0.39, 0.29) is 17.1 Å². The first-order chi connectivity index (χ1) is 10.3. The van der Waals surface area contributed by atoms with Crippen LogP contribution in [0.2, 0.25) is 0 Å². The first-order valence-electron chi connectivity index (χ1n) is 7.41. The fourth-order valence-electron chi connectivity index (χ4n) is 2.59. The number of amides is 1. The van der Waals surface area contributed by atoms with Crippen molar-refractivity contribution in [3.8, 4) is 5.75 Å². The standard InChI is InChI=1S/C17H20N2O2S/c1-17(2,3)16-18-9-14(22-16)15(21)19-7-6-11-4-5-13(20)8-12(11)10-19/h4-5,8-9,20H,6-7,10H2,1-3H3. The van der Waals surface area contributed by atoms with Gasteiger partial charge < -0.3 is 10.0 Å². The summed E-state index contributed by atoms with van der Waals surface area (Å²) in [4.78, 5) is 19.6. The van der Waals surface area contributed by atoms with Gasteiger partial charge in [-0.3, -0.25) is 4.79 Å². The molecule has 0 radical (unpaired) electrons. The average molecular weight is 316 g/mol. The highest BCUT2D eigenvalue weighted by Crippen LogP contribution is 2.29. The van der Waals surface area contributed by atoms with Gasteiger partial charge in [-0.05, 0) is 29.7 Å². The number of fused-ring (bicyclic) bond motifs is 1. The molecule has 1 aliphatic heterocycles. The molecule has 116 valence electrons. The molecule has 0 saturated heterocycles. The van der Waals surface area contributed by atoms with Gasteiger partial charge in [-0.25, -0.2) is 4.98 Å². The van der Waals surface area contributed by atoms with Crippen molar-refractivity contribution in [3.63, 3.8) is 0 Å². The molecule has 3 rings (SSSR count). The number of nitrogens with zero attached hydrogens (tertiary/aromatic N) is 2. The largest absolute Gasteiger partial charge is 0.508 e. The molecule has 22 heavy (non-hydrogen) atoms. The van der Waals surface area contributed by atoms with Crippen molar-refractivity contribution in [1.29, 1.82) is 0 Å². The van der Waals surface area contributed by atoms with Gasteiger partial charge in [0, 0.05) is 18.5 Å². The van der Waals surface area contributed by atoms with Crippen LogP contribution >= 0.6 is 11.3 Å². The average Bonchev–Trinajstić information content (AvgIpc) is 2.95. The Morgan fingerprint density at radius 2 is 2.09 bits per heavy atom. The minimum absolute atomic E-state index is 0.0296. The van der Waals surface area contributed by atoms with Crippen LogP contribution in [0.4, 0.5) is 0 Å². The molecule has 2 aromatic rings. The summed E-state index contributed by atoms with van der Waals surface area (Å²) in [5.74, 6) is 0.280. The lowest BCUT2D eigenvalue weighted by atomic mass is 9.98. The van der Waals surface area contributed by atoms with E-state index in [1.54, 1.807) is 18.3 Å². The number of carbonyl (C=O) groups excluding carboxylic acids is 1. The second-order valence-corrected chi connectivity index (χ2v) is 7.74. The van der Waals surface area contributed by atoms with E-state index in [1.165, 1.54) is 16.9 Å². The summed E-state index contributed by atoms with van der Waals surface area (Å²) in [6.07, 6.45) is 2.51. The van der Waals surface area contributed by atoms with Gasteiger partial charge in [0.25, 0.3) is 5.91 Å². The molecular formula is C17H20N2O2S. The summed E-state index contributed by atoms with van der Waals surface area (Å²) < 4.78 is 0. The van der Waals surface area contributed by atoms with E-state index < -0.39 is 0 Å². The summed E-state index contributed by atoms with van der Waals surface area (Å²) in [5, 5.41) is 10.6. The second-order valence-electron chi connectivity index (χ2n) is 6.71.